The van der Waals surface area contributed by atoms with Crippen molar-refractivity contribution in [1.29, 1.82) is 0 Å². The lowest BCUT2D eigenvalue weighted by atomic mass is 10.1. The topological polar surface area (TPSA) is 62.6 Å². The van der Waals surface area contributed by atoms with Crippen molar-refractivity contribution in [1.82, 2.24) is 19.4 Å². The Bertz CT molecular complexity index is 1490. The molecule has 0 saturated carbocycles. The Morgan fingerprint density at radius 2 is 1.48 bits per heavy atom. The normalized spacial score (nSPS) is 14.1. The summed E-state index contributed by atoms with van der Waals surface area (Å²) in [5, 5.41) is 3.58. The fourth-order valence-corrected chi connectivity index (χ4v) is 6.08. The molecule has 0 spiro atoms. The second kappa shape index (κ2) is 16.6. The molecule has 4 aromatic rings. The van der Waals surface area contributed by atoms with Gasteiger partial charge >= 0.3 is 0 Å². The summed E-state index contributed by atoms with van der Waals surface area (Å²) in [6.07, 6.45) is 8.30. The minimum atomic E-state index is 0.115. The Morgan fingerprint density at radius 1 is 0.826 bits per heavy atom. The first-order valence-electron chi connectivity index (χ1n) is 17.5. The molecule has 2 heterocycles. The van der Waals surface area contributed by atoms with E-state index in [-0.39, 0.29) is 5.91 Å². The number of para-hydroxylation sites is 1. The van der Waals surface area contributed by atoms with Crippen LogP contribution in [0.1, 0.15) is 83.0 Å². The number of anilines is 2. The molecule has 5 rings (SSSR count). The summed E-state index contributed by atoms with van der Waals surface area (Å²) < 4.78 is 8.27. The van der Waals surface area contributed by atoms with Crippen molar-refractivity contribution in [2.75, 3.05) is 38.0 Å². The average Bonchev–Trinajstić information content (AvgIpc) is 3.19. The van der Waals surface area contributed by atoms with E-state index in [4.69, 9.17) is 9.72 Å². The third kappa shape index (κ3) is 9.58. The van der Waals surface area contributed by atoms with E-state index in [9.17, 15) is 4.79 Å². The van der Waals surface area contributed by atoms with Crippen molar-refractivity contribution >= 4 is 28.6 Å². The van der Waals surface area contributed by atoms with E-state index in [2.05, 4.69) is 53.4 Å². The van der Waals surface area contributed by atoms with Crippen LogP contribution in [0, 0.1) is 11.8 Å². The Morgan fingerprint density at radius 3 is 2.13 bits per heavy atom. The lowest BCUT2D eigenvalue weighted by Gasteiger charge is -2.25. The minimum Gasteiger partial charge on any atom is -0.457 e. The molecule has 7 nitrogen and oxygen atoms in total. The zero-order valence-electron chi connectivity index (χ0n) is 28.4. The lowest BCUT2D eigenvalue weighted by molar-refractivity contribution is 0.0741. The van der Waals surface area contributed by atoms with Crippen LogP contribution in [-0.4, -0.2) is 58.0 Å². The summed E-state index contributed by atoms with van der Waals surface area (Å²) in [5.41, 5.74) is 3.58. The number of aryl methyl sites for hydroxylation is 1. The van der Waals surface area contributed by atoms with Gasteiger partial charge in [0.2, 0.25) is 5.95 Å². The number of nitrogens with one attached hydrogen (secondary N) is 1. The number of carbonyl (C=O) groups is 1. The summed E-state index contributed by atoms with van der Waals surface area (Å²) in [6, 6.07) is 23.8. The molecule has 0 atom stereocenters. The van der Waals surface area contributed by atoms with Crippen molar-refractivity contribution in [3.8, 4) is 11.5 Å². The number of aromatic nitrogens is 2. The van der Waals surface area contributed by atoms with Crippen molar-refractivity contribution in [3.05, 3.63) is 78.4 Å². The Labute approximate surface area is 276 Å². The van der Waals surface area contributed by atoms with E-state index in [0.717, 1.165) is 85.2 Å². The molecule has 0 radical (unpaired) electrons. The van der Waals surface area contributed by atoms with Crippen LogP contribution >= 0.6 is 0 Å². The first-order chi connectivity index (χ1) is 22.4. The first-order valence-corrected chi connectivity index (χ1v) is 17.5. The molecular formula is C39H53N5O2. The van der Waals surface area contributed by atoms with Crippen LogP contribution in [0.2, 0.25) is 0 Å². The van der Waals surface area contributed by atoms with Crippen molar-refractivity contribution in [2.24, 2.45) is 11.8 Å². The number of likely N-dealkylation sites (tertiary alicyclic amines) is 1. The van der Waals surface area contributed by atoms with Gasteiger partial charge in [0.1, 0.15) is 11.5 Å². The third-order valence-electron chi connectivity index (χ3n) is 8.88. The van der Waals surface area contributed by atoms with Crippen LogP contribution < -0.4 is 10.1 Å². The van der Waals surface area contributed by atoms with Gasteiger partial charge in [-0.1, -0.05) is 58.7 Å². The summed E-state index contributed by atoms with van der Waals surface area (Å²) in [7, 11) is 0. The maximum absolute atomic E-state index is 13.9. The van der Waals surface area contributed by atoms with Crippen LogP contribution in [0.5, 0.6) is 11.5 Å². The van der Waals surface area contributed by atoms with E-state index in [1.54, 1.807) is 0 Å². The molecule has 0 aliphatic carbocycles. The highest BCUT2D eigenvalue weighted by Gasteiger charge is 2.20. The van der Waals surface area contributed by atoms with E-state index >= 15 is 0 Å². The molecule has 246 valence electrons. The van der Waals surface area contributed by atoms with Gasteiger partial charge in [-0.2, -0.15) is 0 Å². The number of nitrogens with zero attached hydrogens (tertiary/aromatic N) is 4. The predicted octanol–water partition coefficient (Wildman–Crippen LogP) is 9.37. The summed E-state index contributed by atoms with van der Waals surface area (Å²) in [5.74, 6) is 3.61. The third-order valence-corrected chi connectivity index (χ3v) is 8.88. The zero-order valence-corrected chi connectivity index (χ0v) is 28.4. The molecule has 1 amide bonds. The van der Waals surface area contributed by atoms with Crippen LogP contribution in [0.3, 0.4) is 0 Å². The van der Waals surface area contributed by atoms with E-state index in [1.807, 2.05) is 66.7 Å². The summed E-state index contributed by atoms with van der Waals surface area (Å²) in [4.78, 5) is 23.6. The molecule has 0 bridgehead atoms. The second-order valence-electron chi connectivity index (χ2n) is 13.6. The van der Waals surface area contributed by atoms with Gasteiger partial charge in [0, 0.05) is 30.9 Å². The quantitative estimate of drug-likeness (QED) is 0.143. The highest BCUT2D eigenvalue weighted by Crippen LogP contribution is 2.28. The number of ether oxygens (including phenoxy) is 1. The fraction of sp³-hybridized carbons (Fsp3) is 0.487. The number of rotatable bonds is 15. The Balaban J connectivity index is 1.39. The molecule has 0 unspecified atom stereocenters. The number of benzene rings is 3. The zero-order chi connectivity index (χ0) is 32.3. The Kier molecular flexibility index (Phi) is 12.1. The molecule has 1 saturated heterocycles. The number of fused-ring (bicyclic) bond motifs is 1. The molecule has 1 N–H and O–H groups in total. The van der Waals surface area contributed by atoms with Gasteiger partial charge in [-0.25, -0.2) is 4.98 Å². The highest BCUT2D eigenvalue weighted by molar-refractivity contribution is 5.98. The summed E-state index contributed by atoms with van der Waals surface area (Å²) >= 11 is 0. The molecule has 1 aliphatic rings. The van der Waals surface area contributed by atoms with Gasteiger partial charge in [0.25, 0.3) is 5.91 Å². The van der Waals surface area contributed by atoms with E-state index in [1.165, 1.54) is 38.8 Å². The van der Waals surface area contributed by atoms with Gasteiger partial charge in [-0.3, -0.25) is 4.79 Å². The van der Waals surface area contributed by atoms with Crippen LogP contribution in [0.25, 0.3) is 11.0 Å². The number of hydrogen-bond donors (Lipinski definition) is 1. The van der Waals surface area contributed by atoms with Crippen molar-refractivity contribution in [2.45, 2.75) is 79.2 Å². The van der Waals surface area contributed by atoms with Crippen molar-refractivity contribution < 1.29 is 9.53 Å². The number of amides is 1. The highest BCUT2D eigenvalue weighted by atomic mass is 16.5. The molecule has 46 heavy (non-hydrogen) atoms. The van der Waals surface area contributed by atoms with Gasteiger partial charge in [-0.05, 0) is 118 Å². The predicted molar refractivity (Wildman–Crippen MR) is 190 cm³/mol. The number of imidazole rings is 1. The molecular weight excluding hydrogens is 570 g/mol. The molecule has 7 heteroatoms. The van der Waals surface area contributed by atoms with Gasteiger partial charge in [0.15, 0.2) is 0 Å². The fourth-order valence-electron chi connectivity index (χ4n) is 6.08. The molecule has 1 fully saturated rings. The van der Waals surface area contributed by atoms with Gasteiger partial charge in [-0.15, -0.1) is 0 Å². The maximum atomic E-state index is 13.9. The molecule has 3 aromatic carbocycles. The smallest absolute Gasteiger partial charge is 0.253 e. The molecule has 1 aliphatic heterocycles. The summed E-state index contributed by atoms with van der Waals surface area (Å²) in [6.45, 7) is 14.7. The minimum absolute atomic E-state index is 0.115. The largest absolute Gasteiger partial charge is 0.457 e. The second-order valence-corrected chi connectivity index (χ2v) is 13.6. The first kappa shape index (κ1) is 33.5. The Hall–Kier alpha value is -3.84. The van der Waals surface area contributed by atoms with Gasteiger partial charge < -0.3 is 24.4 Å². The maximum Gasteiger partial charge on any atom is 0.253 e. The number of hydrogen-bond acceptors (Lipinski definition) is 5. The van der Waals surface area contributed by atoms with Gasteiger partial charge in [0.05, 0.1) is 11.0 Å². The van der Waals surface area contributed by atoms with E-state index in [0.29, 0.717) is 11.8 Å². The van der Waals surface area contributed by atoms with Crippen LogP contribution in [0.15, 0.2) is 72.8 Å². The number of carbonyl (C=O) groups excluding carboxylic acids is 1. The van der Waals surface area contributed by atoms with E-state index < -0.39 is 0 Å². The molecule has 1 aromatic heterocycles. The van der Waals surface area contributed by atoms with Crippen molar-refractivity contribution in [3.63, 3.8) is 0 Å². The average molecular weight is 624 g/mol. The lowest BCUT2D eigenvalue weighted by Crippen LogP contribution is -2.34. The standard InChI is InChI=1S/C39H53N5O2/c1-30(2)21-27-43(28-22-31(3)4)38(45)32-15-20-36-37(29-32)44(26-12-25-42-23-10-5-6-11-24-42)39(41-36)40-33-16-18-35(19-17-33)46-34-13-8-7-9-14-34/h7-9,13-20,29-31H,5-6,10-12,21-28H2,1-4H3,(H,40,41). The van der Waals surface area contributed by atoms with Crippen LogP contribution in [0.4, 0.5) is 11.6 Å². The van der Waals surface area contributed by atoms with Crippen LogP contribution in [-0.2, 0) is 6.54 Å². The monoisotopic (exact) mass is 623 g/mol. The SMILES string of the molecule is CC(C)CCN(CCC(C)C)C(=O)c1ccc2nc(Nc3ccc(Oc4ccccc4)cc3)n(CCCN3CCCCCC3)c2c1.